The van der Waals surface area contributed by atoms with Crippen LogP contribution in [0, 0.1) is 0 Å². The van der Waals surface area contributed by atoms with Crippen LogP contribution in [0.2, 0.25) is 5.02 Å². The molecule has 0 radical (unpaired) electrons. The third kappa shape index (κ3) is 3.72. The number of benzene rings is 1. The van der Waals surface area contributed by atoms with Crippen molar-refractivity contribution in [3.05, 3.63) is 35.6 Å². The van der Waals surface area contributed by atoms with Gasteiger partial charge in [0.05, 0.1) is 0 Å². The molecular weight excluding hydrogens is 330 g/mol. The van der Waals surface area contributed by atoms with Crippen LogP contribution in [-0.4, -0.2) is 39.2 Å². The summed E-state index contributed by atoms with van der Waals surface area (Å²) < 4.78 is 0. The normalized spacial score (nSPS) is 10.6. The Bertz CT molecular complexity index is 864. The van der Waals surface area contributed by atoms with E-state index >= 15 is 0 Å². The Hall–Kier alpha value is -2.87. The van der Waals surface area contributed by atoms with Gasteiger partial charge >= 0.3 is 0 Å². The highest BCUT2D eigenvalue weighted by Crippen LogP contribution is 2.28. The standard InChI is InChI=1S/C15H16ClN7O/c1-9(24)17-5-6-18-14-12-13(19-8-20-15(12)23-22-14)21-11-4-2-3-10(16)7-11/h2-4,7-8H,5-6H2,1H3,(H,17,24)(H3,18,19,20,21,22,23). The first-order chi connectivity index (χ1) is 11.6. The highest BCUT2D eigenvalue weighted by atomic mass is 35.5. The summed E-state index contributed by atoms with van der Waals surface area (Å²) in [7, 11) is 0. The van der Waals surface area contributed by atoms with Crippen LogP contribution >= 0.6 is 11.6 Å². The van der Waals surface area contributed by atoms with Crippen molar-refractivity contribution in [3.63, 3.8) is 0 Å². The second kappa shape index (κ2) is 7.14. The minimum absolute atomic E-state index is 0.0738. The number of hydrogen-bond donors (Lipinski definition) is 4. The number of rotatable bonds is 6. The molecule has 124 valence electrons. The highest BCUT2D eigenvalue weighted by molar-refractivity contribution is 6.30. The Morgan fingerprint density at radius 3 is 2.92 bits per heavy atom. The van der Waals surface area contributed by atoms with E-state index in [0.717, 1.165) is 11.1 Å². The van der Waals surface area contributed by atoms with E-state index in [9.17, 15) is 4.79 Å². The van der Waals surface area contributed by atoms with Crippen LogP contribution in [0.3, 0.4) is 0 Å². The van der Waals surface area contributed by atoms with Gasteiger partial charge in [-0.05, 0) is 18.2 Å². The van der Waals surface area contributed by atoms with Gasteiger partial charge < -0.3 is 16.0 Å². The number of halogens is 1. The second-order valence-corrected chi connectivity index (χ2v) is 5.50. The largest absolute Gasteiger partial charge is 0.366 e. The van der Waals surface area contributed by atoms with Crippen LogP contribution in [0.25, 0.3) is 11.0 Å². The van der Waals surface area contributed by atoms with Gasteiger partial charge in [-0.25, -0.2) is 9.97 Å². The zero-order valence-corrected chi connectivity index (χ0v) is 13.7. The van der Waals surface area contributed by atoms with Gasteiger partial charge in [0.25, 0.3) is 0 Å². The molecule has 24 heavy (non-hydrogen) atoms. The van der Waals surface area contributed by atoms with E-state index in [0.29, 0.717) is 35.4 Å². The molecule has 0 saturated carbocycles. The molecule has 3 aromatic rings. The number of carbonyl (C=O) groups excluding carboxylic acids is 1. The van der Waals surface area contributed by atoms with E-state index in [-0.39, 0.29) is 5.91 Å². The van der Waals surface area contributed by atoms with E-state index in [1.165, 1.54) is 13.3 Å². The molecule has 1 amide bonds. The van der Waals surface area contributed by atoms with Gasteiger partial charge in [-0.3, -0.25) is 9.89 Å². The topological polar surface area (TPSA) is 108 Å². The van der Waals surface area contributed by atoms with E-state index < -0.39 is 0 Å². The molecule has 0 aliphatic rings. The molecule has 3 rings (SSSR count). The lowest BCUT2D eigenvalue weighted by atomic mass is 10.3. The van der Waals surface area contributed by atoms with Gasteiger partial charge in [0, 0.05) is 30.7 Å². The lowest BCUT2D eigenvalue weighted by Gasteiger charge is -2.09. The van der Waals surface area contributed by atoms with Gasteiger partial charge in [-0.2, -0.15) is 5.10 Å². The number of hydrogen-bond acceptors (Lipinski definition) is 6. The van der Waals surface area contributed by atoms with Gasteiger partial charge in [0.15, 0.2) is 11.5 Å². The quantitative estimate of drug-likeness (QED) is 0.511. The number of carbonyl (C=O) groups is 1. The van der Waals surface area contributed by atoms with Crippen molar-refractivity contribution in [2.45, 2.75) is 6.92 Å². The number of aromatic nitrogens is 4. The van der Waals surface area contributed by atoms with E-state index in [2.05, 4.69) is 36.1 Å². The van der Waals surface area contributed by atoms with E-state index in [1.807, 2.05) is 12.1 Å². The number of nitrogens with zero attached hydrogens (tertiary/aromatic N) is 3. The summed E-state index contributed by atoms with van der Waals surface area (Å²) in [6.45, 7) is 2.50. The van der Waals surface area contributed by atoms with Gasteiger partial charge in [0.1, 0.15) is 17.5 Å². The minimum Gasteiger partial charge on any atom is -0.366 e. The molecule has 1 aromatic carbocycles. The van der Waals surface area contributed by atoms with Crippen molar-refractivity contribution in [3.8, 4) is 0 Å². The number of anilines is 3. The molecule has 2 aromatic heterocycles. The van der Waals surface area contributed by atoms with Crippen molar-refractivity contribution in [2.24, 2.45) is 0 Å². The monoisotopic (exact) mass is 345 g/mol. The maximum atomic E-state index is 10.9. The predicted octanol–water partition coefficient (Wildman–Crippen LogP) is 2.30. The van der Waals surface area contributed by atoms with Crippen LogP contribution in [0.5, 0.6) is 0 Å². The lowest BCUT2D eigenvalue weighted by Crippen LogP contribution is -2.26. The maximum Gasteiger partial charge on any atom is 0.216 e. The molecule has 0 aliphatic heterocycles. The third-order valence-corrected chi connectivity index (χ3v) is 3.47. The summed E-state index contributed by atoms with van der Waals surface area (Å²) >= 11 is 6.01. The molecule has 4 N–H and O–H groups in total. The van der Waals surface area contributed by atoms with Crippen molar-refractivity contribution in [2.75, 3.05) is 23.7 Å². The predicted molar refractivity (Wildman–Crippen MR) is 93.6 cm³/mol. The van der Waals surface area contributed by atoms with Gasteiger partial charge in [-0.15, -0.1) is 0 Å². The molecule has 0 unspecified atom stereocenters. The Morgan fingerprint density at radius 1 is 1.25 bits per heavy atom. The van der Waals surface area contributed by atoms with Gasteiger partial charge in [-0.1, -0.05) is 17.7 Å². The summed E-state index contributed by atoms with van der Waals surface area (Å²) in [4.78, 5) is 19.4. The molecule has 0 aliphatic carbocycles. The van der Waals surface area contributed by atoms with Crippen molar-refractivity contribution in [1.29, 1.82) is 0 Å². The van der Waals surface area contributed by atoms with Crippen molar-refractivity contribution in [1.82, 2.24) is 25.5 Å². The molecule has 0 bridgehead atoms. The second-order valence-electron chi connectivity index (χ2n) is 5.06. The summed E-state index contributed by atoms with van der Waals surface area (Å²) in [6, 6.07) is 7.35. The van der Waals surface area contributed by atoms with Crippen LogP contribution in [-0.2, 0) is 4.79 Å². The number of H-pyrrole nitrogens is 1. The molecule has 9 heteroatoms. The Kier molecular flexibility index (Phi) is 4.76. The molecular formula is C15H16ClN7O. The molecule has 0 fully saturated rings. The molecule has 2 heterocycles. The minimum atomic E-state index is -0.0738. The summed E-state index contributed by atoms with van der Waals surface area (Å²) in [5.41, 5.74) is 1.42. The fraction of sp³-hybridized carbons (Fsp3) is 0.200. The first kappa shape index (κ1) is 16.0. The number of fused-ring (bicyclic) bond motifs is 1. The molecule has 0 saturated heterocycles. The Labute approximate surface area is 143 Å². The average molecular weight is 346 g/mol. The Balaban J connectivity index is 1.82. The van der Waals surface area contributed by atoms with Gasteiger partial charge in [0.2, 0.25) is 5.91 Å². The van der Waals surface area contributed by atoms with E-state index in [4.69, 9.17) is 11.6 Å². The summed E-state index contributed by atoms with van der Waals surface area (Å²) in [6.07, 6.45) is 1.45. The summed E-state index contributed by atoms with van der Waals surface area (Å²) in [5.74, 6) is 1.15. The van der Waals surface area contributed by atoms with Crippen LogP contribution < -0.4 is 16.0 Å². The van der Waals surface area contributed by atoms with Crippen molar-refractivity contribution < 1.29 is 4.79 Å². The first-order valence-corrected chi connectivity index (χ1v) is 7.71. The van der Waals surface area contributed by atoms with Crippen molar-refractivity contribution >= 4 is 45.9 Å². The lowest BCUT2D eigenvalue weighted by molar-refractivity contribution is -0.118. The Morgan fingerprint density at radius 2 is 2.12 bits per heavy atom. The van der Waals surface area contributed by atoms with Crippen LogP contribution in [0.1, 0.15) is 6.92 Å². The number of amides is 1. The fourth-order valence-electron chi connectivity index (χ4n) is 2.20. The SMILES string of the molecule is CC(=O)NCCNc1n[nH]c2ncnc(Nc3cccc(Cl)c3)c12. The fourth-order valence-corrected chi connectivity index (χ4v) is 2.39. The molecule has 0 atom stereocenters. The zero-order valence-electron chi connectivity index (χ0n) is 12.9. The first-order valence-electron chi connectivity index (χ1n) is 7.33. The smallest absolute Gasteiger partial charge is 0.216 e. The van der Waals surface area contributed by atoms with Crippen LogP contribution in [0.4, 0.5) is 17.3 Å². The van der Waals surface area contributed by atoms with Crippen LogP contribution in [0.15, 0.2) is 30.6 Å². The number of nitrogens with one attached hydrogen (secondary N) is 4. The molecule has 8 nitrogen and oxygen atoms in total. The van der Waals surface area contributed by atoms with E-state index in [1.54, 1.807) is 12.1 Å². The molecule has 0 spiro atoms. The zero-order chi connectivity index (χ0) is 16.9. The third-order valence-electron chi connectivity index (χ3n) is 3.24. The number of aromatic amines is 1. The summed E-state index contributed by atoms with van der Waals surface area (Å²) in [5, 5.41) is 17.5. The maximum absolute atomic E-state index is 10.9. The highest BCUT2D eigenvalue weighted by Gasteiger charge is 2.13. The average Bonchev–Trinajstić information content (AvgIpc) is 2.96.